The summed E-state index contributed by atoms with van der Waals surface area (Å²) in [5, 5.41) is 4.41. The van der Waals surface area contributed by atoms with Crippen LogP contribution >= 0.6 is 11.3 Å². The molecule has 19 heavy (non-hydrogen) atoms. The van der Waals surface area contributed by atoms with E-state index < -0.39 is 0 Å². The number of nitrogen functional groups attached to an aromatic ring is 1. The summed E-state index contributed by atoms with van der Waals surface area (Å²) >= 11 is 1.79. The molecule has 0 aliphatic rings. The van der Waals surface area contributed by atoms with Gasteiger partial charge in [0, 0.05) is 16.8 Å². The number of anilines is 1. The summed E-state index contributed by atoms with van der Waals surface area (Å²) in [5.41, 5.74) is 8.88. The zero-order valence-electron chi connectivity index (χ0n) is 11.5. The van der Waals surface area contributed by atoms with Gasteiger partial charge < -0.3 is 5.73 Å². The Balaban J connectivity index is 2.21. The molecule has 6 heteroatoms. The van der Waals surface area contributed by atoms with Crippen LogP contribution in [0.4, 0.5) is 5.95 Å². The summed E-state index contributed by atoms with van der Waals surface area (Å²) in [4.78, 5) is 7.03. The molecule has 0 amide bonds. The predicted octanol–water partition coefficient (Wildman–Crippen LogP) is 2.64. The standard InChI is InChI=1S/C13H17N5S/c1-7-5-6-10(19-7)9(3)18-12-11(15-13(18)14)8(2)16-17(12)4/h5-6,9H,1-4H3,(H2,14,15). The Morgan fingerprint density at radius 2 is 2.05 bits per heavy atom. The van der Waals surface area contributed by atoms with Crippen molar-refractivity contribution in [3.05, 3.63) is 27.6 Å². The first kappa shape index (κ1) is 12.2. The monoisotopic (exact) mass is 275 g/mol. The first-order chi connectivity index (χ1) is 8.99. The van der Waals surface area contributed by atoms with Gasteiger partial charge in [-0.2, -0.15) is 5.10 Å². The van der Waals surface area contributed by atoms with E-state index in [1.165, 1.54) is 9.75 Å². The molecular formula is C13H17N5S. The van der Waals surface area contributed by atoms with Crippen molar-refractivity contribution in [2.24, 2.45) is 7.05 Å². The third-order valence-corrected chi connectivity index (χ3v) is 4.59. The van der Waals surface area contributed by atoms with E-state index in [0.717, 1.165) is 16.9 Å². The van der Waals surface area contributed by atoms with Gasteiger partial charge in [-0.3, -0.25) is 9.25 Å². The Hall–Kier alpha value is -1.82. The van der Waals surface area contributed by atoms with Gasteiger partial charge >= 0.3 is 0 Å². The lowest BCUT2D eigenvalue weighted by atomic mass is 10.2. The summed E-state index contributed by atoms with van der Waals surface area (Å²) in [6, 6.07) is 4.45. The molecular weight excluding hydrogens is 258 g/mol. The Labute approximate surface area is 115 Å². The maximum absolute atomic E-state index is 6.10. The molecule has 3 aromatic rings. The van der Waals surface area contributed by atoms with Gasteiger partial charge in [0.1, 0.15) is 5.52 Å². The van der Waals surface area contributed by atoms with Crippen LogP contribution < -0.4 is 5.73 Å². The first-order valence-corrected chi connectivity index (χ1v) is 7.04. The van der Waals surface area contributed by atoms with E-state index in [1.807, 2.05) is 18.7 Å². The molecule has 100 valence electrons. The van der Waals surface area contributed by atoms with Crippen molar-refractivity contribution in [2.45, 2.75) is 26.8 Å². The fourth-order valence-electron chi connectivity index (χ4n) is 2.50. The van der Waals surface area contributed by atoms with Crippen LogP contribution in [0.2, 0.25) is 0 Å². The Kier molecular flexibility index (Phi) is 2.63. The summed E-state index contributed by atoms with van der Waals surface area (Å²) in [6.45, 7) is 6.21. The minimum Gasteiger partial charge on any atom is -0.369 e. The predicted molar refractivity (Wildman–Crippen MR) is 78.5 cm³/mol. The molecule has 3 aromatic heterocycles. The number of aryl methyl sites for hydroxylation is 3. The van der Waals surface area contributed by atoms with Crippen molar-refractivity contribution in [1.82, 2.24) is 19.3 Å². The van der Waals surface area contributed by atoms with Gasteiger partial charge in [0.05, 0.1) is 11.7 Å². The molecule has 0 saturated heterocycles. The van der Waals surface area contributed by atoms with E-state index in [9.17, 15) is 0 Å². The van der Waals surface area contributed by atoms with Gasteiger partial charge in [-0.1, -0.05) is 0 Å². The molecule has 2 N–H and O–H groups in total. The summed E-state index contributed by atoms with van der Waals surface area (Å²) in [7, 11) is 1.93. The molecule has 0 radical (unpaired) electrons. The average Bonchev–Trinajstić information content (AvgIpc) is 2.97. The molecule has 0 aliphatic heterocycles. The van der Waals surface area contributed by atoms with Gasteiger partial charge in [-0.05, 0) is 32.9 Å². The third-order valence-electron chi connectivity index (χ3n) is 3.42. The summed E-state index contributed by atoms with van der Waals surface area (Å²) < 4.78 is 3.91. The molecule has 5 nitrogen and oxygen atoms in total. The van der Waals surface area contributed by atoms with Crippen LogP contribution in [0.5, 0.6) is 0 Å². The molecule has 0 fully saturated rings. The topological polar surface area (TPSA) is 61.7 Å². The Bertz CT molecular complexity index is 749. The van der Waals surface area contributed by atoms with Crippen LogP contribution in [0.25, 0.3) is 11.2 Å². The number of aromatic nitrogens is 4. The van der Waals surface area contributed by atoms with Gasteiger partial charge in [0.15, 0.2) is 5.65 Å². The lowest BCUT2D eigenvalue weighted by Gasteiger charge is -2.14. The van der Waals surface area contributed by atoms with Crippen LogP contribution in [0, 0.1) is 13.8 Å². The van der Waals surface area contributed by atoms with E-state index in [2.05, 4.69) is 40.6 Å². The van der Waals surface area contributed by atoms with Crippen molar-refractivity contribution < 1.29 is 0 Å². The molecule has 0 aromatic carbocycles. The van der Waals surface area contributed by atoms with Crippen molar-refractivity contribution in [2.75, 3.05) is 5.73 Å². The minimum absolute atomic E-state index is 0.165. The van der Waals surface area contributed by atoms with E-state index >= 15 is 0 Å². The van der Waals surface area contributed by atoms with E-state index in [-0.39, 0.29) is 6.04 Å². The molecule has 0 aliphatic carbocycles. The highest BCUT2D eigenvalue weighted by Gasteiger charge is 2.21. The normalized spacial score (nSPS) is 13.3. The number of imidazole rings is 1. The molecule has 3 heterocycles. The van der Waals surface area contributed by atoms with Crippen LogP contribution in [0.15, 0.2) is 12.1 Å². The maximum atomic E-state index is 6.10. The van der Waals surface area contributed by atoms with E-state index in [4.69, 9.17) is 5.73 Å². The largest absolute Gasteiger partial charge is 0.369 e. The summed E-state index contributed by atoms with van der Waals surface area (Å²) in [5.74, 6) is 0.546. The molecule has 1 unspecified atom stereocenters. The second-order valence-corrected chi connectivity index (χ2v) is 6.17. The number of nitrogens with two attached hydrogens (primary N) is 1. The van der Waals surface area contributed by atoms with Crippen LogP contribution in [0.1, 0.15) is 28.4 Å². The SMILES string of the molecule is Cc1ccc(C(C)n2c(N)nc3c(C)nn(C)c32)s1. The second-order valence-electron chi connectivity index (χ2n) is 4.85. The molecule has 1 atom stereocenters. The molecule has 0 bridgehead atoms. The average molecular weight is 275 g/mol. The van der Waals surface area contributed by atoms with Gasteiger partial charge in [-0.15, -0.1) is 11.3 Å². The zero-order chi connectivity index (χ0) is 13.7. The highest BCUT2D eigenvalue weighted by atomic mass is 32.1. The van der Waals surface area contributed by atoms with Crippen LogP contribution in [-0.4, -0.2) is 19.3 Å². The number of thiophene rings is 1. The third kappa shape index (κ3) is 1.74. The van der Waals surface area contributed by atoms with Crippen molar-refractivity contribution in [3.8, 4) is 0 Å². The van der Waals surface area contributed by atoms with Gasteiger partial charge in [0.2, 0.25) is 5.95 Å². The van der Waals surface area contributed by atoms with E-state index in [0.29, 0.717) is 5.95 Å². The van der Waals surface area contributed by atoms with Crippen molar-refractivity contribution >= 4 is 28.4 Å². The van der Waals surface area contributed by atoms with Crippen LogP contribution in [0.3, 0.4) is 0 Å². The van der Waals surface area contributed by atoms with Gasteiger partial charge in [0.25, 0.3) is 0 Å². The Morgan fingerprint density at radius 3 is 2.68 bits per heavy atom. The quantitative estimate of drug-likeness (QED) is 0.782. The molecule has 3 rings (SSSR count). The summed E-state index contributed by atoms with van der Waals surface area (Å²) in [6.07, 6.45) is 0. The highest BCUT2D eigenvalue weighted by Crippen LogP contribution is 2.31. The zero-order valence-corrected chi connectivity index (χ0v) is 12.3. The fraction of sp³-hybridized carbons (Fsp3) is 0.385. The number of nitrogens with zero attached hydrogens (tertiary/aromatic N) is 4. The number of fused-ring (bicyclic) bond motifs is 1. The molecule has 0 spiro atoms. The van der Waals surface area contributed by atoms with Crippen LogP contribution in [-0.2, 0) is 7.05 Å². The number of hydrogen-bond donors (Lipinski definition) is 1. The lowest BCUT2D eigenvalue weighted by molar-refractivity contribution is 0.645. The lowest BCUT2D eigenvalue weighted by Crippen LogP contribution is -2.11. The number of rotatable bonds is 2. The van der Waals surface area contributed by atoms with Crippen molar-refractivity contribution in [3.63, 3.8) is 0 Å². The maximum Gasteiger partial charge on any atom is 0.203 e. The van der Waals surface area contributed by atoms with Gasteiger partial charge in [-0.25, -0.2) is 4.98 Å². The highest BCUT2D eigenvalue weighted by molar-refractivity contribution is 7.12. The Morgan fingerprint density at radius 1 is 1.32 bits per heavy atom. The first-order valence-electron chi connectivity index (χ1n) is 6.22. The smallest absolute Gasteiger partial charge is 0.203 e. The number of hydrogen-bond acceptors (Lipinski definition) is 4. The van der Waals surface area contributed by atoms with Crippen molar-refractivity contribution in [1.29, 1.82) is 0 Å². The fourth-order valence-corrected chi connectivity index (χ4v) is 3.42. The second kappa shape index (κ2) is 4.09. The molecule has 0 saturated carbocycles. The minimum atomic E-state index is 0.165. The van der Waals surface area contributed by atoms with E-state index in [1.54, 1.807) is 11.3 Å².